The monoisotopic (exact) mass is 321 g/mol. The molecule has 1 aromatic rings. The van der Waals surface area contributed by atoms with Gasteiger partial charge in [-0.05, 0) is 33.5 Å². The van der Waals surface area contributed by atoms with E-state index in [4.69, 9.17) is 5.73 Å². The predicted octanol–water partition coefficient (Wildman–Crippen LogP) is 1.77. The van der Waals surface area contributed by atoms with E-state index in [9.17, 15) is 4.79 Å². The first kappa shape index (κ1) is 21.5. The minimum Gasteiger partial charge on any atom is -0.353 e. The lowest BCUT2D eigenvalue weighted by atomic mass is 9.92. The number of nitrogens with one attached hydrogen (secondary N) is 1. The fourth-order valence-electron chi connectivity index (χ4n) is 1.52. The number of likely N-dealkylation sites (N-methyl/N-ethyl adjacent to an activating group) is 1. The molecular formula is C14H25Cl2N3O. The van der Waals surface area contributed by atoms with Crippen molar-refractivity contribution in [1.29, 1.82) is 0 Å². The quantitative estimate of drug-likeness (QED) is 0.869. The first-order valence-electron chi connectivity index (χ1n) is 6.15. The topological polar surface area (TPSA) is 58.4 Å². The molecule has 3 N–H and O–H groups in total. The number of carbonyl (C=O) groups is 1. The minimum atomic E-state index is -0.993. The number of hydrogen-bond donors (Lipinski definition) is 2. The van der Waals surface area contributed by atoms with E-state index < -0.39 is 5.54 Å². The Balaban J connectivity index is 0. The van der Waals surface area contributed by atoms with Crippen LogP contribution in [0.5, 0.6) is 0 Å². The number of rotatable bonds is 5. The maximum Gasteiger partial charge on any atom is 0.244 e. The number of hydrogen-bond acceptors (Lipinski definition) is 3. The summed E-state index contributed by atoms with van der Waals surface area (Å²) in [5.41, 5.74) is 5.94. The van der Waals surface area contributed by atoms with E-state index in [1.807, 2.05) is 44.4 Å². The van der Waals surface area contributed by atoms with Gasteiger partial charge in [-0.3, -0.25) is 4.79 Å². The van der Waals surface area contributed by atoms with Gasteiger partial charge in [0.05, 0.1) is 0 Å². The van der Waals surface area contributed by atoms with Crippen molar-refractivity contribution >= 4 is 30.7 Å². The van der Waals surface area contributed by atoms with Crippen LogP contribution in [0.3, 0.4) is 0 Å². The van der Waals surface area contributed by atoms with Gasteiger partial charge >= 0.3 is 0 Å². The highest BCUT2D eigenvalue weighted by Gasteiger charge is 2.30. The summed E-state index contributed by atoms with van der Waals surface area (Å²) < 4.78 is 0. The minimum absolute atomic E-state index is 0. The normalized spacial score (nSPS) is 14.5. The molecule has 0 aliphatic rings. The zero-order valence-electron chi connectivity index (χ0n) is 12.4. The third-order valence-corrected chi connectivity index (χ3v) is 3.28. The van der Waals surface area contributed by atoms with Gasteiger partial charge in [-0.15, -0.1) is 24.8 Å². The Bertz CT molecular complexity index is 397. The highest BCUT2D eigenvalue weighted by Crippen LogP contribution is 2.17. The third-order valence-electron chi connectivity index (χ3n) is 3.28. The molecule has 6 heteroatoms. The van der Waals surface area contributed by atoms with Crippen molar-refractivity contribution in [3.05, 3.63) is 35.9 Å². The van der Waals surface area contributed by atoms with Crippen LogP contribution in [0.2, 0.25) is 0 Å². The number of benzene rings is 1. The molecule has 0 aliphatic heterocycles. The maximum absolute atomic E-state index is 12.1. The van der Waals surface area contributed by atoms with Crippen molar-refractivity contribution in [3.63, 3.8) is 0 Å². The van der Waals surface area contributed by atoms with Crippen LogP contribution in [0.4, 0.5) is 0 Å². The van der Waals surface area contributed by atoms with Gasteiger partial charge in [0.25, 0.3) is 0 Å². The molecule has 20 heavy (non-hydrogen) atoms. The fraction of sp³-hybridized carbons (Fsp3) is 0.500. The molecule has 0 saturated heterocycles. The second kappa shape index (κ2) is 9.19. The average molecular weight is 322 g/mol. The molecule has 0 bridgehead atoms. The Morgan fingerprint density at radius 3 is 2.25 bits per heavy atom. The summed E-state index contributed by atoms with van der Waals surface area (Å²) in [5.74, 6) is -0.151. The summed E-state index contributed by atoms with van der Waals surface area (Å²) >= 11 is 0. The third kappa shape index (κ3) is 5.67. The van der Waals surface area contributed by atoms with Crippen molar-refractivity contribution in [1.82, 2.24) is 10.2 Å². The number of carbonyl (C=O) groups excluding carboxylic acids is 1. The lowest BCUT2D eigenvalue weighted by Crippen LogP contribution is -2.51. The molecule has 1 rings (SSSR count). The molecule has 0 saturated carbocycles. The molecule has 0 heterocycles. The van der Waals surface area contributed by atoms with Gasteiger partial charge in [-0.1, -0.05) is 30.3 Å². The van der Waals surface area contributed by atoms with Crippen LogP contribution in [0.15, 0.2) is 30.3 Å². The van der Waals surface area contributed by atoms with Gasteiger partial charge in [0.1, 0.15) is 5.54 Å². The molecular weight excluding hydrogens is 297 g/mol. The van der Waals surface area contributed by atoms with Crippen molar-refractivity contribution in [2.45, 2.75) is 25.4 Å². The van der Waals surface area contributed by atoms with Crippen LogP contribution in [-0.4, -0.2) is 37.5 Å². The molecule has 0 fully saturated rings. The van der Waals surface area contributed by atoms with E-state index in [1.54, 1.807) is 6.92 Å². The van der Waals surface area contributed by atoms with Crippen LogP contribution >= 0.6 is 24.8 Å². The molecule has 0 aliphatic carbocycles. The fourth-order valence-corrected chi connectivity index (χ4v) is 1.52. The van der Waals surface area contributed by atoms with E-state index in [-0.39, 0.29) is 36.8 Å². The first-order valence-corrected chi connectivity index (χ1v) is 6.15. The Morgan fingerprint density at radius 2 is 1.80 bits per heavy atom. The lowest BCUT2D eigenvalue weighted by Gasteiger charge is -2.26. The number of halogens is 2. The van der Waals surface area contributed by atoms with E-state index in [0.717, 1.165) is 5.56 Å². The SMILES string of the molecule is CC(CNC(=O)C(C)(N)c1ccccc1)N(C)C.Cl.Cl. The van der Waals surface area contributed by atoms with Crippen LogP contribution in [0.1, 0.15) is 19.4 Å². The Morgan fingerprint density at radius 1 is 1.30 bits per heavy atom. The van der Waals surface area contributed by atoms with E-state index in [0.29, 0.717) is 6.54 Å². The standard InChI is InChI=1S/C14H23N3O.2ClH/c1-11(17(3)4)10-16-13(18)14(2,15)12-8-6-5-7-9-12;;/h5-9,11H,10,15H2,1-4H3,(H,16,18);2*1H. The molecule has 0 radical (unpaired) electrons. The summed E-state index contributed by atoms with van der Waals surface area (Å²) in [7, 11) is 3.96. The smallest absolute Gasteiger partial charge is 0.244 e. The maximum atomic E-state index is 12.1. The summed E-state index contributed by atoms with van der Waals surface area (Å²) in [4.78, 5) is 14.2. The summed E-state index contributed by atoms with van der Waals surface area (Å²) in [6, 6.07) is 9.70. The van der Waals surface area contributed by atoms with Gasteiger partial charge < -0.3 is 16.0 Å². The molecule has 1 amide bonds. The lowest BCUT2D eigenvalue weighted by molar-refractivity contribution is -0.126. The van der Waals surface area contributed by atoms with Gasteiger partial charge in [0, 0.05) is 12.6 Å². The number of nitrogens with zero attached hydrogens (tertiary/aromatic N) is 1. The van der Waals surface area contributed by atoms with Gasteiger partial charge in [0.15, 0.2) is 0 Å². The second-order valence-electron chi connectivity index (χ2n) is 5.09. The summed E-state index contributed by atoms with van der Waals surface area (Å²) in [5, 5.41) is 2.90. The number of amides is 1. The van der Waals surface area contributed by atoms with Crippen molar-refractivity contribution < 1.29 is 4.79 Å². The molecule has 2 unspecified atom stereocenters. The molecule has 4 nitrogen and oxygen atoms in total. The summed E-state index contributed by atoms with van der Waals surface area (Å²) in [6.07, 6.45) is 0. The van der Waals surface area contributed by atoms with E-state index in [2.05, 4.69) is 17.1 Å². The van der Waals surface area contributed by atoms with Crippen LogP contribution in [0.25, 0.3) is 0 Å². The average Bonchev–Trinajstić information content (AvgIpc) is 2.36. The second-order valence-corrected chi connectivity index (χ2v) is 5.09. The van der Waals surface area contributed by atoms with Crippen molar-refractivity contribution in [2.75, 3.05) is 20.6 Å². The van der Waals surface area contributed by atoms with Gasteiger partial charge in [-0.2, -0.15) is 0 Å². The molecule has 1 aromatic carbocycles. The largest absolute Gasteiger partial charge is 0.353 e. The van der Waals surface area contributed by atoms with Crippen LogP contribution in [-0.2, 0) is 10.3 Å². The van der Waals surface area contributed by atoms with Crippen LogP contribution < -0.4 is 11.1 Å². The predicted molar refractivity (Wildman–Crippen MR) is 88.6 cm³/mol. The highest BCUT2D eigenvalue weighted by molar-refractivity contribution is 5.87. The summed E-state index contributed by atoms with van der Waals surface area (Å²) in [6.45, 7) is 4.38. The Labute approximate surface area is 133 Å². The van der Waals surface area contributed by atoms with Crippen molar-refractivity contribution in [3.8, 4) is 0 Å². The molecule has 116 valence electrons. The van der Waals surface area contributed by atoms with Crippen LogP contribution in [0, 0.1) is 0 Å². The highest BCUT2D eigenvalue weighted by atomic mass is 35.5. The van der Waals surface area contributed by atoms with Gasteiger partial charge in [-0.25, -0.2) is 0 Å². The molecule has 0 aromatic heterocycles. The molecule has 2 atom stereocenters. The Kier molecular flexibility index (Phi) is 9.87. The van der Waals surface area contributed by atoms with Gasteiger partial charge in [0.2, 0.25) is 5.91 Å². The zero-order chi connectivity index (χ0) is 13.8. The molecule has 0 spiro atoms. The first-order chi connectivity index (χ1) is 8.35. The van der Waals surface area contributed by atoms with E-state index >= 15 is 0 Å². The number of nitrogens with two attached hydrogens (primary N) is 1. The Hall–Kier alpha value is -0.810. The zero-order valence-corrected chi connectivity index (χ0v) is 14.1. The van der Waals surface area contributed by atoms with Crippen molar-refractivity contribution in [2.24, 2.45) is 5.73 Å². The van der Waals surface area contributed by atoms with E-state index in [1.165, 1.54) is 0 Å².